The van der Waals surface area contributed by atoms with Crippen LogP contribution >= 0.6 is 0 Å². The summed E-state index contributed by atoms with van der Waals surface area (Å²) in [5.41, 5.74) is 2.25. The van der Waals surface area contributed by atoms with Gasteiger partial charge in [0.15, 0.2) is 0 Å². The van der Waals surface area contributed by atoms with Crippen molar-refractivity contribution in [1.29, 1.82) is 0 Å². The van der Waals surface area contributed by atoms with Gasteiger partial charge >= 0.3 is 0 Å². The summed E-state index contributed by atoms with van der Waals surface area (Å²) in [4.78, 5) is 0. The molecule has 3 aliphatic carbocycles. The van der Waals surface area contributed by atoms with E-state index in [0.29, 0.717) is 5.41 Å². The summed E-state index contributed by atoms with van der Waals surface area (Å²) in [6.07, 6.45) is 12.2. The van der Waals surface area contributed by atoms with Crippen molar-refractivity contribution in [1.82, 2.24) is 0 Å². The quantitative estimate of drug-likeness (QED) is 0.525. The molecule has 5 fully saturated rings. The molecule has 2 heterocycles. The molecule has 0 amide bonds. The van der Waals surface area contributed by atoms with E-state index in [4.69, 9.17) is 0 Å². The molecule has 0 spiro atoms. The maximum Gasteiger partial charge on any atom is 0.150 e. The van der Waals surface area contributed by atoms with Gasteiger partial charge in [-0.3, -0.25) is 0 Å². The summed E-state index contributed by atoms with van der Waals surface area (Å²) in [5.74, 6) is 5.90. The van der Waals surface area contributed by atoms with E-state index in [0.717, 1.165) is 41.9 Å². The second-order valence-corrected chi connectivity index (χ2v) is 10.2. The Morgan fingerprint density at radius 3 is 2.08 bits per heavy atom. The molecular weight excluding hydrogens is 287 g/mol. The van der Waals surface area contributed by atoms with Gasteiger partial charge in [-0.25, -0.2) is 0 Å². The average Bonchev–Trinajstić information content (AvgIpc) is 2.61. The molecule has 0 N–H and O–H groups in total. The van der Waals surface area contributed by atoms with Gasteiger partial charge in [-0.1, -0.05) is 107 Å². The predicted octanol–water partition coefficient (Wildman–Crippen LogP) is 6.81. The van der Waals surface area contributed by atoms with Crippen molar-refractivity contribution >= 4 is 6.71 Å². The van der Waals surface area contributed by atoms with E-state index in [-0.39, 0.29) is 0 Å². The Bertz CT molecular complexity index is 569. The van der Waals surface area contributed by atoms with Gasteiger partial charge < -0.3 is 0 Å². The van der Waals surface area contributed by atoms with Gasteiger partial charge in [0, 0.05) is 0 Å². The number of hydrogen-bond donors (Lipinski definition) is 0. The normalized spacial score (nSPS) is 43.2. The fraction of sp³-hybridized carbons (Fsp3) is 0.739. The SMILES string of the molecule is CC1(C)[C@H]2C[C@@H]1C(c1ccccc1)[C@H](B1C3CCCC1CCC3)C2. The van der Waals surface area contributed by atoms with E-state index in [1.54, 1.807) is 5.56 Å². The van der Waals surface area contributed by atoms with Crippen molar-refractivity contribution < 1.29 is 0 Å². The summed E-state index contributed by atoms with van der Waals surface area (Å²) < 4.78 is 0. The van der Waals surface area contributed by atoms with E-state index >= 15 is 0 Å². The first-order valence-electron chi connectivity index (χ1n) is 10.7. The Balaban J connectivity index is 1.52. The lowest BCUT2D eigenvalue weighted by molar-refractivity contribution is -0.0815. The Labute approximate surface area is 148 Å². The summed E-state index contributed by atoms with van der Waals surface area (Å²) in [5, 5.41) is 0. The van der Waals surface area contributed by atoms with Crippen molar-refractivity contribution in [2.45, 2.75) is 88.6 Å². The molecule has 1 aromatic rings. The van der Waals surface area contributed by atoms with Crippen LogP contribution in [0.15, 0.2) is 30.3 Å². The number of benzene rings is 1. The second kappa shape index (κ2) is 5.65. The van der Waals surface area contributed by atoms with Crippen LogP contribution in [0, 0.1) is 17.3 Å². The fourth-order valence-corrected chi connectivity index (χ4v) is 7.82. The number of rotatable bonds is 2. The molecule has 0 nitrogen and oxygen atoms in total. The lowest BCUT2D eigenvalue weighted by Gasteiger charge is -2.65. The van der Waals surface area contributed by atoms with Crippen LogP contribution in [0.5, 0.6) is 0 Å². The molecule has 6 rings (SSSR count). The van der Waals surface area contributed by atoms with Crippen molar-refractivity contribution in [3.8, 4) is 0 Å². The fourth-order valence-electron chi connectivity index (χ4n) is 7.82. The van der Waals surface area contributed by atoms with Crippen LogP contribution in [-0.2, 0) is 0 Å². The molecule has 4 atom stereocenters. The summed E-state index contributed by atoms with van der Waals surface area (Å²) >= 11 is 0. The maximum atomic E-state index is 2.57. The van der Waals surface area contributed by atoms with Crippen molar-refractivity contribution in [3.63, 3.8) is 0 Å². The largest absolute Gasteiger partial charge is 0.150 e. The Hall–Kier alpha value is -0.715. The third-order valence-corrected chi connectivity index (χ3v) is 9.06. The van der Waals surface area contributed by atoms with Crippen LogP contribution in [0.25, 0.3) is 0 Å². The smallest absolute Gasteiger partial charge is 0.0622 e. The van der Waals surface area contributed by atoms with Gasteiger partial charge in [0.25, 0.3) is 0 Å². The molecular formula is C23H33B. The maximum absolute atomic E-state index is 2.57. The molecule has 1 aromatic carbocycles. The molecule has 24 heavy (non-hydrogen) atoms. The zero-order valence-corrected chi connectivity index (χ0v) is 15.6. The van der Waals surface area contributed by atoms with E-state index in [1.165, 1.54) is 51.4 Å². The predicted molar refractivity (Wildman–Crippen MR) is 104 cm³/mol. The van der Waals surface area contributed by atoms with Crippen molar-refractivity contribution in [2.24, 2.45) is 17.3 Å². The summed E-state index contributed by atoms with van der Waals surface area (Å²) in [6.45, 7) is 6.19. The van der Waals surface area contributed by atoms with Gasteiger partial charge in [0.1, 0.15) is 6.71 Å². The lowest BCUT2D eigenvalue weighted by Crippen LogP contribution is -2.57. The second-order valence-electron chi connectivity index (χ2n) is 10.2. The first kappa shape index (κ1) is 15.5. The highest BCUT2D eigenvalue weighted by Crippen LogP contribution is 2.70. The third kappa shape index (κ3) is 2.19. The molecule has 4 bridgehead atoms. The van der Waals surface area contributed by atoms with Gasteiger partial charge in [-0.2, -0.15) is 0 Å². The van der Waals surface area contributed by atoms with Crippen LogP contribution in [-0.4, -0.2) is 6.71 Å². The number of fused-ring (bicyclic) bond motifs is 5. The summed E-state index contributed by atoms with van der Waals surface area (Å²) in [7, 11) is 0. The minimum absolute atomic E-state index is 0.584. The first-order chi connectivity index (χ1) is 11.7. The highest BCUT2D eigenvalue weighted by atomic mass is 14.6. The van der Waals surface area contributed by atoms with Gasteiger partial charge in [-0.05, 0) is 35.2 Å². The standard InChI is InChI=1S/C23H33B/c1-23(2)17-14-20(23)22(16-8-4-3-5-9-16)21(15-17)24-18-10-6-11-19(24)13-7-12-18/h3-5,8-9,17-22H,6-7,10-15H2,1-2H3/t17-,18?,19?,20+,21+,22?/m0/s1. The topological polar surface area (TPSA) is 0 Å². The molecule has 2 saturated heterocycles. The van der Waals surface area contributed by atoms with Crippen LogP contribution in [0.3, 0.4) is 0 Å². The monoisotopic (exact) mass is 320 g/mol. The zero-order valence-electron chi connectivity index (χ0n) is 15.6. The molecule has 1 unspecified atom stereocenters. The first-order valence-corrected chi connectivity index (χ1v) is 10.7. The Kier molecular flexibility index (Phi) is 3.65. The van der Waals surface area contributed by atoms with Gasteiger partial charge in [-0.15, -0.1) is 0 Å². The molecule has 2 aliphatic heterocycles. The van der Waals surface area contributed by atoms with Crippen molar-refractivity contribution in [3.05, 3.63) is 35.9 Å². The Morgan fingerprint density at radius 2 is 1.50 bits per heavy atom. The highest BCUT2D eigenvalue weighted by Gasteiger charge is 2.61. The molecule has 0 aromatic heterocycles. The minimum Gasteiger partial charge on any atom is -0.0622 e. The van der Waals surface area contributed by atoms with E-state index in [1.807, 2.05) is 0 Å². The minimum atomic E-state index is 0.584. The number of hydrogen-bond acceptors (Lipinski definition) is 0. The van der Waals surface area contributed by atoms with Gasteiger partial charge in [0.2, 0.25) is 0 Å². The van der Waals surface area contributed by atoms with Crippen molar-refractivity contribution in [2.75, 3.05) is 0 Å². The molecule has 0 radical (unpaired) electrons. The van der Waals surface area contributed by atoms with Gasteiger partial charge in [0.05, 0.1) is 0 Å². The lowest BCUT2D eigenvalue weighted by atomic mass is 9.17. The molecule has 1 heteroatoms. The highest BCUT2D eigenvalue weighted by molar-refractivity contribution is 6.64. The molecule has 5 aliphatic rings. The third-order valence-electron chi connectivity index (χ3n) is 9.06. The average molecular weight is 320 g/mol. The van der Waals surface area contributed by atoms with Crippen LogP contribution in [0.2, 0.25) is 17.5 Å². The van der Waals surface area contributed by atoms with E-state index in [9.17, 15) is 0 Å². The summed E-state index contributed by atoms with van der Waals surface area (Å²) in [6, 6.07) is 11.7. The molecule has 3 saturated carbocycles. The van der Waals surface area contributed by atoms with Crippen LogP contribution in [0.1, 0.15) is 76.7 Å². The van der Waals surface area contributed by atoms with E-state index < -0.39 is 0 Å². The van der Waals surface area contributed by atoms with Crippen LogP contribution in [0.4, 0.5) is 0 Å². The zero-order chi connectivity index (χ0) is 16.3. The van der Waals surface area contributed by atoms with E-state index in [2.05, 4.69) is 44.2 Å². The Morgan fingerprint density at radius 1 is 0.875 bits per heavy atom. The van der Waals surface area contributed by atoms with Crippen LogP contribution < -0.4 is 0 Å². The molecule has 128 valence electrons.